The standard InChI is InChI=1S/C63H112O5/c1-4-7-10-13-16-19-22-25-28-30-32-33-36-38-41-44-47-50-53-56-62(64)67-60-61(68-63(65)57-54-51-48-45-42-39-35-27-24-21-18-15-12-9-6-3)59-66-58-55-52-49-46-43-40-37-34-31-29-26-23-20-17-14-11-8-5-2/h16-21,25-29,35,61H,4-15,22-24,30-34,36-60H2,1-3H3/b19-16-,20-17-,21-18-,28-25-,29-26-,35-27-. The monoisotopic (exact) mass is 949 g/mol. The lowest BCUT2D eigenvalue weighted by Gasteiger charge is -2.18. The number of hydrogen-bond donors (Lipinski definition) is 0. The number of hydrogen-bond acceptors (Lipinski definition) is 5. The molecule has 0 saturated heterocycles. The van der Waals surface area contributed by atoms with Crippen molar-refractivity contribution < 1.29 is 23.8 Å². The molecule has 0 fully saturated rings. The van der Waals surface area contributed by atoms with Gasteiger partial charge in [-0.2, -0.15) is 0 Å². The first-order chi connectivity index (χ1) is 33.6. The Labute approximate surface area is 423 Å². The first kappa shape index (κ1) is 65.3. The van der Waals surface area contributed by atoms with Gasteiger partial charge in [-0.25, -0.2) is 0 Å². The highest BCUT2D eigenvalue weighted by molar-refractivity contribution is 5.70. The van der Waals surface area contributed by atoms with E-state index in [1.54, 1.807) is 0 Å². The quantitative estimate of drug-likeness (QED) is 0.0345. The fourth-order valence-electron chi connectivity index (χ4n) is 8.25. The van der Waals surface area contributed by atoms with Crippen LogP contribution < -0.4 is 0 Å². The molecule has 0 aliphatic rings. The summed E-state index contributed by atoms with van der Waals surface area (Å²) in [5, 5.41) is 0. The van der Waals surface area contributed by atoms with E-state index in [2.05, 4.69) is 93.7 Å². The molecular formula is C63H112O5. The summed E-state index contributed by atoms with van der Waals surface area (Å²) in [4.78, 5) is 25.5. The van der Waals surface area contributed by atoms with Gasteiger partial charge < -0.3 is 14.2 Å². The van der Waals surface area contributed by atoms with Crippen molar-refractivity contribution in [3.05, 3.63) is 72.9 Å². The number of esters is 2. The highest BCUT2D eigenvalue weighted by Crippen LogP contribution is 2.15. The lowest BCUT2D eigenvalue weighted by molar-refractivity contribution is -0.163. The first-order valence-electron chi connectivity index (χ1n) is 29.5. The van der Waals surface area contributed by atoms with Crippen LogP contribution >= 0.6 is 0 Å². The molecule has 0 radical (unpaired) electrons. The van der Waals surface area contributed by atoms with E-state index < -0.39 is 6.10 Å². The lowest BCUT2D eigenvalue weighted by atomic mass is 10.1. The largest absolute Gasteiger partial charge is 0.462 e. The Morgan fingerprint density at radius 1 is 0.324 bits per heavy atom. The van der Waals surface area contributed by atoms with Crippen LogP contribution in [0.4, 0.5) is 0 Å². The van der Waals surface area contributed by atoms with Crippen LogP contribution in [0.15, 0.2) is 72.9 Å². The van der Waals surface area contributed by atoms with E-state index in [-0.39, 0.29) is 25.2 Å². The Hall–Kier alpha value is -2.66. The van der Waals surface area contributed by atoms with E-state index >= 15 is 0 Å². The number of carbonyl (C=O) groups excluding carboxylic acids is 2. The molecule has 5 heteroatoms. The average molecular weight is 950 g/mol. The molecule has 5 nitrogen and oxygen atoms in total. The maximum atomic E-state index is 12.9. The molecule has 0 rings (SSSR count). The van der Waals surface area contributed by atoms with Crippen molar-refractivity contribution in [3.63, 3.8) is 0 Å². The molecule has 0 spiro atoms. The van der Waals surface area contributed by atoms with E-state index in [0.29, 0.717) is 19.4 Å². The van der Waals surface area contributed by atoms with Gasteiger partial charge in [-0.05, 0) is 116 Å². The fourth-order valence-corrected chi connectivity index (χ4v) is 8.25. The second-order valence-electron chi connectivity index (χ2n) is 19.5. The highest BCUT2D eigenvalue weighted by Gasteiger charge is 2.17. The van der Waals surface area contributed by atoms with Gasteiger partial charge >= 0.3 is 11.9 Å². The predicted molar refractivity (Wildman–Crippen MR) is 297 cm³/mol. The lowest BCUT2D eigenvalue weighted by Crippen LogP contribution is -2.30. The number of rotatable bonds is 54. The Morgan fingerprint density at radius 3 is 0.971 bits per heavy atom. The zero-order chi connectivity index (χ0) is 49.2. The van der Waals surface area contributed by atoms with Crippen LogP contribution in [0.25, 0.3) is 0 Å². The molecule has 1 atom stereocenters. The number of carbonyl (C=O) groups is 2. The van der Waals surface area contributed by atoms with E-state index in [4.69, 9.17) is 14.2 Å². The summed E-state index contributed by atoms with van der Waals surface area (Å²) in [6.45, 7) is 7.75. The third kappa shape index (κ3) is 55.9. The molecule has 0 saturated carbocycles. The average Bonchev–Trinajstić information content (AvgIpc) is 3.34. The van der Waals surface area contributed by atoms with Gasteiger partial charge in [0.2, 0.25) is 0 Å². The summed E-state index contributed by atoms with van der Waals surface area (Å²) >= 11 is 0. The highest BCUT2D eigenvalue weighted by atomic mass is 16.6. The van der Waals surface area contributed by atoms with Crippen molar-refractivity contribution in [2.45, 2.75) is 297 Å². The zero-order valence-electron chi connectivity index (χ0n) is 45.4. The molecule has 0 N–H and O–H groups in total. The topological polar surface area (TPSA) is 61.8 Å². The van der Waals surface area contributed by atoms with Gasteiger partial charge in [0, 0.05) is 19.4 Å². The van der Waals surface area contributed by atoms with Crippen LogP contribution in [0.5, 0.6) is 0 Å². The van der Waals surface area contributed by atoms with Crippen LogP contribution in [0.2, 0.25) is 0 Å². The molecule has 0 heterocycles. The predicted octanol–water partition coefficient (Wildman–Crippen LogP) is 20.2. The van der Waals surface area contributed by atoms with Gasteiger partial charge in [-0.15, -0.1) is 0 Å². The number of allylic oxidation sites excluding steroid dienone is 12. The van der Waals surface area contributed by atoms with Crippen molar-refractivity contribution in [2.24, 2.45) is 0 Å². The van der Waals surface area contributed by atoms with Crippen LogP contribution in [-0.4, -0.2) is 37.9 Å². The van der Waals surface area contributed by atoms with Crippen molar-refractivity contribution in [1.82, 2.24) is 0 Å². The SMILES string of the molecule is CCCCC/C=C\C/C=C\CCCCCCCCCCCC(=O)OCC(COCCCCCCCCCC/C=C\C/C=C\CCCCC)OC(=O)CCCCCCC/C=C\C/C=C\CCCCC. The summed E-state index contributed by atoms with van der Waals surface area (Å²) in [6.07, 6.45) is 76.3. The van der Waals surface area contributed by atoms with E-state index in [1.807, 2.05) is 0 Å². The summed E-state index contributed by atoms with van der Waals surface area (Å²) in [7, 11) is 0. The van der Waals surface area contributed by atoms with Gasteiger partial charge in [0.15, 0.2) is 6.10 Å². The summed E-state index contributed by atoms with van der Waals surface area (Å²) in [5.41, 5.74) is 0. The minimum atomic E-state index is -0.551. The van der Waals surface area contributed by atoms with Crippen LogP contribution in [0, 0.1) is 0 Å². The minimum absolute atomic E-state index is 0.0741. The van der Waals surface area contributed by atoms with Crippen molar-refractivity contribution in [3.8, 4) is 0 Å². The molecule has 0 aliphatic carbocycles. The zero-order valence-corrected chi connectivity index (χ0v) is 45.4. The molecule has 0 aromatic heterocycles. The molecule has 0 bridgehead atoms. The minimum Gasteiger partial charge on any atom is -0.462 e. The number of unbranched alkanes of at least 4 members (excludes halogenated alkanes) is 31. The third-order valence-electron chi connectivity index (χ3n) is 12.7. The van der Waals surface area contributed by atoms with Crippen molar-refractivity contribution in [1.29, 1.82) is 0 Å². The molecule has 0 amide bonds. The molecule has 0 aromatic carbocycles. The normalized spacial score (nSPS) is 12.7. The van der Waals surface area contributed by atoms with Crippen molar-refractivity contribution >= 4 is 11.9 Å². The Morgan fingerprint density at radius 2 is 0.618 bits per heavy atom. The molecule has 68 heavy (non-hydrogen) atoms. The summed E-state index contributed by atoms with van der Waals surface area (Å²) < 4.78 is 17.5. The Balaban J connectivity index is 4.29. The first-order valence-corrected chi connectivity index (χ1v) is 29.5. The van der Waals surface area contributed by atoms with Gasteiger partial charge in [-0.1, -0.05) is 235 Å². The smallest absolute Gasteiger partial charge is 0.306 e. The number of ether oxygens (including phenoxy) is 3. The van der Waals surface area contributed by atoms with E-state index in [0.717, 1.165) is 70.6 Å². The molecule has 394 valence electrons. The third-order valence-corrected chi connectivity index (χ3v) is 12.7. The van der Waals surface area contributed by atoms with Crippen LogP contribution in [-0.2, 0) is 23.8 Å². The summed E-state index contributed by atoms with van der Waals surface area (Å²) in [6, 6.07) is 0. The maximum absolute atomic E-state index is 12.9. The van der Waals surface area contributed by atoms with Crippen LogP contribution in [0.1, 0.15) is 290 Å². The molecule has 0 aliphatic heterocycles. The fraction of sp³-hybridized carbons (Fsp3) is 0.778. The Bertz CT molecular complexity index is 1210. The van der Waals surface area contributed by atoms with Gasteiger partial charge in [0.05, 0.1) is 6.61 Å². The van der Waals surface area contributed by atoms with E-state index in [1.165, 1.54) is 186 Å². The van der Waals surface area contributed by atoms with Gasteiger partial charge in [-0.3, -0.25) is 9.59 Å². The molecular weight excluding hydrogens is 837 g/mol. The van der Waals surface area contributed by atoms with Gasteiger partial charge in [0.1, 0.15) is 6.61 Å². The Kier molecular flexibility index (Phi) is 56.4. The van der Waals surface area contributed by atoms with Crippen molar-refractivity contribution in [2.75, 3.05) is 19.8 Å². The van der Waals surface area contributed by atoms with Gasteiger partial charge in [0.25, 0.3) is 0 Å². The second-order valence-corrected chi connectivity index (χ2v) is 19.5. The maximum Gasteiger partial charge on any atom is 0.306 e. The second kappa shape index (κ2) is 58.7. The molecule has 0 aromatic rings. The van der Waals surface area contributed by atoms with Crippen LogP contribution in [0.3, 0.4) is 0 Å². The van der Waals surface area contributed by atoms with E-state index in [9.17, 15) is 9.59 Å². The summed E-state index contributed by atoms with van der Waals surface area (Å²) in [5.74, 6) is -0.413. The molecule has 1 unspecified atom stereocenters.